The summed E-state index contributed by atoms with van der Waals surface area (Å²) >= 11 is 5.99. The first kappa shape index (κ1) is 18.6. The maximum atomic E-state index is 12.5. The molecule has 2 heterocycles. The molecule has 7 nitrogen and oxygen atoms in total. The van der Waals surface area contributed by atoms with Gasteiger partial charge in [-0.25, -0.2) is 9.97 Å². The minimum absolute atomic E-state index is 0.154. The molecule has 0 aliphatic rings. The third-order valence-corrected chi connectivity index (χ3v) is 4.42. The monoisotopic (exact) mass is 405 g/mol. The van der Waals surface area contributed by atoms with Gasteiger partial charge in [0.1, 0.15) is 17.1 Å². The van der Waals surface area contributed by atoms with Crippen molar-refractivity contribution in [2.75, 3.05) is 11.1 Å². The summed E-state index contributed by atoms with van der Waals surface area (Å²) in [5.41, 5.74) is 8.36. The fraction of sp³-hybridized carbons (Fsp3) is 0.0476. The normalized spacial score (nSPS) is 10.7. The number of rotatable bonds is 5. The second kappa shape index (κ2) is 8.12. The van der Waals surface area contributed by atoms with Crippen molar-refractivity contribution in [3.8, 4) is 22.6 Å². The van der Waals surface area contributed by atoms with E-state index in [1.54, 1.807) is 30.3 Å². The molecule has 0 radical (unpaired) electrons. The van der Waals surface area contributed by atoms with Gasteiger partial charge in [0, 0.05) is 16.8 Å². The van der Waals surface area contributed by atoms with Crippen LogP contribution in [0.15, 0.2) is 71.4 Å². The number of nitrogen functional groups attached to an aromatic ring is 1. The van der Waals surface area contributed by atoms with Crippen LogP contribution in [0.1, 0.15) is 5.56 Å². The molecule has 0 spiro atoms. The zero-order valence-corrected chi connectivity index (χ0v) is 15.9. The molecule has 0 unspecified atom stereocenters. The van der Waals surface area contributed by atoms with Crippen LogP contribution in [0, 0.1) is 0 Å². The molecule has 0 aliphatic carbocycles. The van der Waals surface area contributed by atoms with Crippen LogP contribution in [0.4, 0.5) is 11.7 Å². The van der Waals surface area contributed by atoms with Gasteiger partial charge in [-0.3, -0.25) is 10.1 Å². The molecule has 0 saturated carbocycles. The summed E-state index contributed by atoms with van der Waals surface area (Å²) in [6.07, 6.45) is 1.72. The third kappa shape index (κ3) is 4.25. The number of nitrogens with zero attached hydrogens (tertiary/aromatic N) is 3. The predicted molar refractivity (Wildman–Crippen MR) is 111 cm³/mol. The molecule has 2 aromatic heterocycles. The Kier molecular flexibility index (Phi) is 5.22. The van der Waals surface area contributed by atoms with Crippen molar-refractivity contribution < 1.29 is 9.32 Å². The second-order valence-electron chi connectivity index (χ2n) is 6.26. The van der Waals surface area contributed by atoms with E-state index in [1.807, 2.05) is 30.3 Å². The Morgan fingerprint density at radius 2 is 1.83 bits per heavy atom. The Bertz CT molecular complexity index is 1140. The molecule has 2 aromatic carbocycles. The van der Waals surface area contributed by atoms with Crippen LogP contribution in [0.25, 0.3) is 22.6 Å². The van der Waals surface area contributed by atoms with E-state index in [-0.39, 0.29) is 18.2 Å². The van der Waals surface area contributed by atoms with Gasteiger partial charge in [-0.2, -0.15) is 0 Å². The van der Waals surface area contributed by atoms with Crippen LogP contribution in [0.2, 0.25) is 5.02 Å². The smallest absolute Gasteiger partial charge is 0.243 e. The number of nitrogens with two attached hydrogens (primary N) is 1. The van der Waals surface area contributed by atoms with Crippen LogP contribution in [0.5, 0.6) is 0 Å². The van der Waals surface area contributed by atoms with Gasteiger partial charge in [0.15, 0.2) is 5.82 Å². The van der Waals surface area contributed by atoms with Gasteiger partial charge in [-0.1, -0.05) is 59.2 Å². The van der Waals surface area contributed by atoms with E-state index in [0.29, 0.717) is 27.9 Å². The summed E-state index contributed by atoms with van der Waals surface area (Å²) in [5, 5.41) is 7.49. The average Bonchev–Trinajstić information content (AvgIpc) is 3.12. The van der Waals surface area contributed by atoms with Gasteiger partial charge in [0.05, 0.1) is 6.42 Å². The lowest BCUT2D eigenvalue weighted by Crippen LogP contribution is -2.14. The Morgan fingerprint density at radius 1 is 1.07 bits per heavy atom. The molecular weight excluding hydrogens is 390 g/mol. The summed E-state index contributed by atoms with van der Waals surface area (Å²) in [5.74, 6) is 0.493. The van der Waals surface area contributed by atoms with Crippen LogP contribution >= 0.6 is 11.6 Å². The van der Waals surface area contributed by atoms with Crippen molar-refractivity contribution in [1.82, 2.24) is 15.1 Å². The maximum Gasteiger partial charge on any atom is 0.243 e. The van der Waals surface area contributed by atoms with Crippen LogP contribution in [-0.2, 0) is 11.2 Å². The van der Waals surface area contributed by atoms with E-state index in [2.05, 4.69) is 20.4 Å². The van der Waals surface area contributed by atoms with Crippen LogP contribution in [-0.4, -0.2) is 21.0 Å². The standard InChI is InChI=1S/C21H16ClN5O2/c22-15-8-6-14(7-9-15)19-18(20-24-11-10-16(23)25-20)21(29-27-19)26-17(28)12-13-4-2-1-3-5-13/h1-11H,12H2,(H,26,28)(H2,23,24,25). The fourth-order valence-corrected chi connectivity index (χ4v) is 2.96. The molecule has 8 heteroatoms. The Hall–Kier alpha value is -3.71. The molecule has 29 heavy (non-hydrogen) atoms. The van der Waals surface area contributed by atoms with Gasteiger partial charge in [0.2, 0.25) is 11.8 Å². The lowest BCUT2D eigenvalue weighted by atomic mass is 10.1. The Balaban J connectivity index is 1.72. The lowest BCUT2D eigenvalue weighted by Gasteiger charge is -2.06. The Labute approximate surface area is 171 Å². The summed E-state index contributed by atoms with van der Waals surface area (Å²) in [6, 6.07) is 18.0. The van der Waals surface area contributed by atoms with Crippen molar-refractivity contribution in [3.05, 3.63) is 77.4 Å². The number of hydrogen-bond donors (Lipinski definition) is 2. The number of hydrogen-bond acceptors (Lipinski definition) is 6. The summed E-state index contributed by atoms with van der Waals surface area (Å²) in [4.78, 5) is 21.1. The highest BCUT2D eigenvalue weighted by molar-refractivity contribution is 6.30. The molecule has 0 fully saturated rings. The predicted octanol–water partition coefficient (Wildman–Crippen LogP) is 4.22. The van der Waals surface area contributed by atoms with E-state index in [9.17, 15) is 4.79 Å². The average molecular weight is 406 g/mol. The zero-order valence-electron chi connectivity index (χ0n) is 15.2. The number of amides is 1. The third-order valence-electron chi connectivity index (χ3n) is 4.17. The number of carbonyl (C=O) groups is 1. The largest absolute Gasteiger partial charge is 0.384 e. The minimum atomic E-state index is -0.250. The van der Waals surface area contributed by atoms with E-state index in [0.717, 1.165) is 11.1 Å². The van der Waals surface area contributed by atoms with Crippen LogP contribution in [0.3, 0.4) is 0 Å². The number of aromatic nitrogens is 3. The highest BCUT2D eigenvalue weighted by Gasteiger charge is 2.23. The molecule has 0 atom stereocenters. The molecule has 144 valence electrons. The molecule has 4 rings (SSSR count). The number of nitrogens with one attached hydrogen (secondary N) is 1. The summed E-state index contributed by atoms with van der Waals surface area (Å²) in [6.45, 7) is 0. The molecule has 0 saturated heterocycles. The first-order chi connectivity index (χ1) is 14.1. The van der Waals surface area contributed by atoms with Crippen LogP contribution < -0.4 is 11.1 Å². The maximum absolute atomic E-state index is 12.5. The van der Waals surface area contributed by atoms with Crippen molar-refractivity contribution in [1.29, 1.82) is 0 Å². The van der Waals surface area contributed by atoms with Gasteiger partial charge < -0.3 is 10.3 Å². The van der Waals surface area contributed by atoms with E-state index >= 15 is 0 Å². The molecule has 3 N–H and O–H groups in total. The van der Waals surface area contributed by atoms with Gasteiger partial charge in [0.25, 0.3) is 0 Å². The van der Waals surface area contributed by atoms with E-state index in [4.69, 9.17) is 21.9 Å². The minimum Gasteiger partial charge on any atom is -0.384 e. The quantitative estimate of drug-likeness (QED) is 0.515. The van der Waals surface area contributed by atoms with Gasteiger partial charge >= 0.3 is 0 Å². The highest BCUT2D eigenvalue weighted by Crippen LogP contribution is 2.36. The van der Waals surface area contributed by atoms with Crippen molar-refractivity contribution in [2.45, 2.75) is 6.42 Å². The number of carbonyl (C=O) groups excluding carboxylic acids is 1. The molecule has 4 aromatic rings. The molecule has 0 bridgehead atoms. The van der Waals surface area contributed by atoms with Gasteiger partial charge in [-0.05, 0) is 23.8 Å². The second-order valence-corrected chi connectivity index (χ2v) is 6.69. The molecule has 1 amide bonds. The number of anilines is 2. The molecular formula is C21H16ClN5O2. The summed E-state index contributed by atoms with van der Waals surface area (Å²) < 4.78 is 5.45. The first-order valence-corrected chi connectivity index (χ1v) is 9.16. The molecule has 0 aliphatic heterocycles. The van der Waals surface area contributed by atoms with Crippen molar-refractivity contribution in [3.63, 3.8) is 0 Å². The topological polar surface area (TPSA) is 107 Å². The van der Waals surface area contributed by atoms with Crippen molar-refractivity contribution >= 4 is 29.2 Å². The van der Waals surface area contributed by atoms with Gasteiger partial charge in [-0.15, -0.1) is 0 Å². The summed E-state index contributed by atoms with van der Waals surface area (Å²) in [7, 11) is 0. The van der Waals surface area contributed by atoms with Crippen molar-refractivity contribution in [2.24, 2.45) is 0 Å². The highest BCUT2D eigenvalue weighted by atomic mass is 35.5. The lowest BCUT2D eigenvalue weighted by molar-refractivity contribution is -0.115. The SMILES string of the molecule is Nc1ccnc(-c2c(-c3ccc(Cl)cc3)noc2NC(=O)Cc2ccccc2)n1. The Morgan fingerprint density at radius 3 is 2.55 bits per heavy atom. The number of halogens is 1. The van der Waals surface area contributed by atoms with E-state index in [1.165, 1.54) is 6.20 Å². The van der Waals surface area contributed by atoms with E-state index < -0.39 is 0 Å². The zero-order chi connectivity index (χ0) is 20.2. The first-order valence-electron chi connectivity index (χ1n) is 8.78. The fourth-order valence-electron chi connectivity index (χ4n) is 2.83. The number of benzene rings is 2.